The fourth-order valence-electron chi connectivity index (χ4n) is 3.39. The van der Waals surface area contributed by atoms with E-state index in [-0.39, 0.29) is 29.2 Å². The molecule has 7 heteroatoms. The second-order valence-corrected chi connectivity index (χ2v) is 7.37. The summed E-state index contributed by atoms with van der Waals surface area (Å²) in [7, 11) is 0. The Labute approximate surface area is 155 Å². The van der Waals surface area contributed by atoms with E-state index < -0.39 is 11.4 Å². The van der Waals surface area contributed by atoms with E-state index in [1.54, 1.807) is 11.0 Å². The van der Waals surface area contributed by atoms with Crippen LogP contribution in [0, 0.1) is 11.8 Å². The Bertz CT molecular complexity index is 896. The molecule has 1 aromatic heterocycles. The molecule has 0 spiro atoms. The van der Waals surface area contributed by atoms with Crippen molar-refractivity contribution in [3.63, 3.8) is 0 Å². The largest absolute Gasteiger partial charge is 0.450 e. The number of halogens is 1. The molecule has 2 atom stereocenters. The van der Waals surface area contributed by atoms with Crippen molar-refractivity contribution >= 4 is 34.4 Å². The molecule has 1 saturated heterocycles. The van der Waals surface area contributed by atoms with Gasteiger partial charge in [-0.05, 0) is 36.5 Å². The fraction of sp³-hybridized carbons (Fsp3) is 0.421. The first-order chi connectivity index (χ1) is 12.3. The lowest BCUT2D eigenvalue weighted by Crippen LogP contribution is -2.44. The van der Waals surface area contributed by atoms with Crippen LogP contribution in [0.3, 0.4) is 0 Å². The van der Waals surface area contributed by atoms with Crippen molar-refractivity contribution in [2.24, 2.45) is 11.8 Å². The molecule has 3 rings (SSSR count). The van der Waals surface area contributed by atoms with Crippen LogP contribution in [0.2, 0.25) is 5.02 Å². The molecule has 0 radical (unpaired) electrons. The zero-order valence-corrected chi connectivity index (χ0v) is 15.4. The van der Waals surface area contributed by atoms with Crippen molar-refractivity contribution < 1.29 is 18.7 Å². The SMILES string of the molecule is C[C@@H]1C[C@H](C)CN(C(=O)COC(=O)c2cc(=O)c3cc(Cl)ccc3o2)C1. The first-order valence-corrected chi connectivity index (χ1v) is 8.89. The van der Waals surface area contributed by atoms with E-state index in [2.05, 4.69) is 13.8 Å². The first-order valence-electron chi connectivity index (χ1n) is 8.52. The summed E-state index contributed by atoms with van der Waals surface area (Å²) in [4.78, 5) is 38.3. The molecule has 26 heavy (non-hydrogen) atoms. The van der Waals surface area contributed by atoms with Crippen LogP contribution in [0.25, 0.3) is 11.0 Å². The second-order valence-electron chi connectivity index (χ2n) is 6.94. The van der Waals surface area contributed by atoms with Crippen LogP contribution < -0.4 is 5.43 Å². The number of nitrogens with zero attached hydrogens (tertiary/aromatic N) is 1. The van der Waals surface area contributed by atoms with E-state index in [0.29, 0.717) is 29.9 Å². The van der Waals surface area contributed by atoms with Gasteiger partial charge >= 0.3 is 5.97 Å². The lowest BCUT2D eigenvalue weighted by atomic mass is 9.92. The molecular weight excluding hydrogens is 358 g/mol. The van der Waals surface area contributed by atoms with Crippen molar-refractivity contribution in [3.8, 4) is 0 Å². The molecule has 6 nitrogen and oxygen atoms in total. The van der Waals surface area contributed by atoms with E-state index in [1.807, 2.05) is 0 Å². The molecule has 2 aromatic rings. The number of rotatable bonds is 3. The van der Waals surface area contributed by atoms with Crippen LogP contribution in [0.5, 0.6) is 0 Å². The van der Waals surface area contributed by atoms with Gasteiger partial charge in [-0.15, -0.1) is 0 Å². The molecule has 138 valence electrons. The van der Waals surface area contributed by atoms with E-state index >= 15 is 0 Å². The molecule has 0 N–H and O–H groups in total. The van der Waals surface area contributed by atoms with Crippen LogP contribution in [-0.4, -0.2) is 36.5 Å². The molecular formula is C19H20ClNO5. The van der Waals surface area contributed by atoms with Crippen molar-refractivity contribution in [2.75, 3.05) is 19.7 Å². The molecule has 1 amide bonds. The molecule has 0 unspecified atom stereocenters. The Morgan fingerprint density at radius 3 is 2.62 bits per heavy atom. The van der Waals surface area contributed by atoms with Crippen LogP contribution >= 0.6 is 11.6 Å². The summed E-state index contributed by atoms with van der Waals surface area (Å²) in [5.41, 5.74) is -0.162. The average Bonchev–Trinajstić information content (AvgIpc) is 2.59. The summed E-state index contributed by atoms with van der Waals surface area (Å²) in [6.07, 6.45) is 1.08. The first kappa shape index (κ1) is 18.5. The number of benzene rings is 1. The number of carbonyl (C=O) groups is 2. The normalized spacial score (nSPS) is 20.2. The Hall–Kier alpha value is -2.34. The molecule has 2 heterocycles. The highest BCUT2D eigenvalue weighted by Crippen LogP contribution is 2.21. The van der Waals surface area contributed by atoms with E-state index in [9.17, 15) is 14.4 Å². The van der Waals surface area contributed by atoms with Gasteiger partial charge in [-0.3, -0.25) is 9.59 Å². The van der Waals surface area contributed by atoms with Gasteiger partial charge in [0.25, 0.3) is 5.91 Å². The lowest BCUT2D eigenvalue weighted by Gasteiger charge is -2.34. The molecule has 0 saturated carbocycles. The fourth-order valence-corrected chi connectivity index (χ4v) is 3.56. The smallest absolute Gasteiger partial charge is 0.374 e. The van der Waals surface area contributed by atoms with Crippen LogP contribution in [-0.2, 0) is 9.53 Å². The van der Waals surface area contributed by atoms with Gasteiger partial charge in [0.2, 0.25) is 5.76 Å². The van der Waals surface area contributed by atoms with Gasteiger partial charge < -0.3 is 14.1 Å². The third-order valence-electron chi connectivity index (χ3n) is 4.44. The Morgan fingerprint density at radius 1 is 1.23 bits per heavy atom. The molecule has 0 bridgehead atoms. The Morgan fingerprint density at radius 2 is 1.92 bits per heavy atom. The standard InChI is InChI=1S/C19H20ClNO5/c1-11-5-12(2)9-21(8-11)18(23)10-25-19(24)17-7-15(22)14-6-13(20)3-4-16(14)26-17/h3-4,6-7,11-12H,5,8-10H2,1-2H3/t11-,12+. The second kappa shape index (κ2) is 7.50. The zero-order valence-electron chi connectivity index (χ0n) is 14.7. The number of hydrogen-bond acceptors (Lipinski definition) is 5. The minimum Gasteiger partial charge on any atom is -0.450 e. The number of esters is 1. The number of ether oxygens (including phenoxy) is 1. The van der Waals surface area contributed by atoms with Crippen LogP contribution in [0.4, 0.5) is 0 Å². The summed E-state index contributed by atoms with van der Waals surface area (Å²) in [5.74, 6) is -0.484. The van der Waals surface area contributed by atoms with Crippen molar-refractivity contribution in [3.05, 3.63) is 45.3 Å². The molecule has 1 aliphatic heterocycles. The van der Waals surface area contributed by atoms with Gasteiger partial charge in [0, 0.05) is 24.2 Å². The highest BCUT2D eigenvalue weighted by Gasteiger charge is 2.26. The highest BCUT2D eigenvalue weighted by molar-refractivity contribution is 6.31. The van der Waals surface area contributed by atoms with Crippen molar-refractivity contribution in [1.82, 2.24) is 4.90 Å². The topological polar surface area (TPSA) is 76.8 Å². The van der Waals surface area contributed by atoms with Crippen LogP contribution in [0.1, 0.15) is 30.8 Å². The van der Waals surface area contributed by atoms with Gasteiger partial charge in [-0.2, -0.15) is 0 Å². The van der Waals surface area contributed by atoms with Crippen molar-refractivity contribution in [2.45, 2.75) is 20.3 Å². The number of fused-ring (bicyclic) bond motifs is 1. The number of likely N-dealkylation sites (tertiary alicyclic amines) is 1. The predicted molar refractivity (Wildman–Crippen MR) is 97.3 cm³/mol. The maximum absolute atomic E-state index is 12.3. The monoisotopic (exact) mass is 377 g/mol. The third-order valence-corrected chi connectivity index (χ3v) is 4.67. The number of carbonyl (C=O) groups excluding carboxylic acids is 2. The van der Waals surface area contributed by atoms with Gasteiger partial charge in [0.1, 0.15) is 5.58 Å². The van der Waals surface area contributed by atoms with E-state index in [1.165, 1.54) is 12.1 Å². The number of amides is 1. The van der Waals surface area contributed by atoms with Gasteiger partial charge in [0.15, 0.2) is 12.0 Å². The summed E-state index contributed by atoms with van der Waals surface area (Å²) < 4.78 is 10.5. The maximum atomic E-state index is 12.3. The quantitative estimate of drug-likeness (QED) is 0.768. The minimum atomic E-state index is -0.842. The summed E-state index contributed by atoms with van der Waals surface area (Å²) in [5, 5.41) is 0.678. The molecule has 1 aromatic carbocycles. The number of hydrogen-bond donors (Lipinski definition) is 0. The molecule has 1 aliphatic rings. The Balaban J connectivity index is 1.68. The molecule has 1 fully saturated rings. The maximum Gasteiger partial charge on any atom is 0.374 e. The Kier molecular flexibility index (Phi) is 5.32. The van der Waals surface area contributed by atoms with Crippen LogP contribution in [0.15, 0.2) is 33.5 Å². The highest BCUT2D eigenvalue weighted by atomic mass is 35.5. The predicted octanol–water partition coefficient (Wildman–Crippen LogP) is 3.11. The molecule has 0 aliphatic carbocycles. The zero-order chi connectivity index (χ0) is 18.8. The third kappa shape index (κ3) is 4.07. The summed E-state index contributed by atoms with van der Waals surface area (Å²) >= 11 is 5.86. The minimum absolute atomic E-state index is 0.235. The van der Waals surface area contributed by atoms with E-state index in [4.69, 9.17) is 20.8 Å². The van der Waals surface area contributed by atoms with Gasteiger partial charge in [-0.25, -0.2) is 4.79 Å². The number of piperidine rings is 1. The lowest BCUT2D eigenvalue weighted by molar-refractivity contribution is -0.137. The van der Waals surface area contributed by atoms with Crippen molar-refractivity contribution in [1.29, 1.82) is 0 Å². The van der Waals surface area contributed by atoms with E-state index in [0.717, 1.165) is 12.5 Å². The average molecular weight is 378 g/mol. The summed E-state index contributed by atoms with van der Waals surface area (Å²) in [6, 6.07) is 5.60. The van der Waals surface area contributed by atoms with Gasteiger partial charge in [0.05, 0.1) is 5.39 Å². The van der Waals surface area contributed by atoms with Gasteiger partial charge in [-0.1, -0.05) is 25.4 Å². The summed E-state index contributed by atoms with van der Waals surface area (Å²) in [6.45, 7) is 5.13.